The van der Waals surface area contributed by atoms with Crippen molar-refractivity contribution in [3.05, 3.63) is 85.1 Å². The Bertz CT molecular complexity index is 1680. The lowest BCUT2D eigenvalue weighted by atomic mass is 9.82. The number of alkyl halides is 1. The smallest absolute Gasteiger partial charge is 0.311 e. The first-order chi connectivity index (χ1) is 31.2. The molecule has 0 aromatic carbocycles. The molecule has 2 fully saturated rings. The van der Waals surface area contributed by atoms with Crippen LogP contribution in [0.3, 0.4) is 0 Å². The first kappa shape index (κ1) is 56.8. The van der Waals surface area contributed by atoms with Gasteiger partial charge in [0.05, 0.1) is 68.0 Å². The van der Waals surface area contributed by atoms with E-state index in [1.165, 1.54) is 12.2 Å². The lowest BCUT2D eigenvalue weighted by Crippen LogP contribution is -2.59. The molecule has 0 radical (unpaired) electrons. The van der Waals surface area contributed by atoms with Gasteiger partial charge in [0, 0.05) is 37.5 Å². The van der Waals surface area contributed by atoms with E-state index in [1.807, 2.05) is 6.92 Å². The predicted octanol–water partition coefficient (Wildman–Crippen LogP) is 0.695. The Balaban J connectivity index is 1.87. The van der Waals surface area contributed by atoms with Crippen LogP contribution in [-0.2, 0) is 28.5 Å². The summed E-state index contributed by atoms with van der Waals surface area (Å²) in [5, 5.41) is 127. The second kappa shape index (κ2) is 28.1. The number of carbonyl (C=O) groups is 2. The van der Waals surface area contributed by atoms with E-state index < -0.39 is 160 Å². The number of aliphatic hydroxyl groups is 11. The number of ether oxygens (including phenoxy) is 4. The quantitative estimate of drug-likeness (QED) is 0.173. The van der Waals surface area contributed by atoms with Crippen molar-refractivity contribution in [1.82, 2.24) is 0 Å². The van der Waals surface area contributed by atoms with Gasteiger partial charge in [-0.1, -0.05) is 98.9 Å². The molecule has 12 unspecified atom stereocenters. The van der Waals surface area contributed by atoms with Crippen molar-refractivity contribution in [3.8, 4) is 0 Å². The van der Waals surface area contributed by atoms with Crippen molar-refractivity contribution in [2.75, 3.05) is 6.61 Å². The van der Waals surface area contributed by atoms with Crippen LogP contribution in [0.2, 0.25) is 0 Å². The van der Waals surface area contributed by atoms with Crippen molar-refractivity contribution in [1.29, 1.82) is 0 Å². The van der Waals surface area contributed by atoms with E-state index >= 15 is 4.39 Å². The van der Waals surface area contributed by atoms with Gasteiger partial charge in [-0.2, -0.15) is 0 Å². The van der Waals surface area contributed by atoms with E-state index in [0.717, 1.165) is 0 Å². The molecular weight excluding hydrogens is 871 g/mol. The summed E-state index contributed by atoms with van der Waals surface area (Å²) >= 11 is 0. The molecule has 0 aromatic rings. The number of rotatable bonds is 4. The van der Waals surface area contributed by atoms with Crippen LogP contribution in [0.4, 0.5) is 4.39 Å². The van der Waals surface area contributed by atoms with Gasteiger partial charge >= 0.3 is 11.9 Å². The van der Waals surface area contributed by atoms with Gasteiger partial charge in [0.15, 0.2) is 18.2 Å². The monoisotopic (exact) mass is 942 g/mol. The SMILES string of the molecule is C[C@@H]1[C@H](O)[C@@H](C)/C=C/C=C/C=C/C=C/C=C/C=C/C=C/C(OC2OC(CO)C(O)C(O)C2F)C[C@@H]2OC(O)(CC(O)CC(O)C(O)CCC(O)CC(O)CC(=O)O[C@H]1C)C[C@H](O)[C@H]2C(=O)O. The fourth-order valence-electron chi connectivity index (χ4n) is 7.94. The highest BCUT2D eigenvalue weighted by Gasteiger charge is 2.51. The molecule has 374 valence electrons. The summed E-state index contributed by atoms with van der Waals surface area (Å²) in [6.45, 7) is 4.36. The highest BCUT2D eigenvalue weighted by Crippen LogP contribution is 2.38. The molecule has 2 bridgehead atoms. The zero-order valence-corrected chi connectivity index (χ0v) is 37.5. The van der Waals surface area contributed by atoms with Gasteiger partial charge in [-0.3, -0.25) is 9.59 Å². The number of allylic oxidation sites excluding steroid dienone is 12. The summed E-state index contributed by atoms with van der Waals surface area (Å²) in [7, 11) is 0. The van der Waals surface area contributed by atoms with Crippen LogP contribution < -0.4 is 0 Å². The molecular formula is C47H71FO18. The molecule has 19 atom stereocenters. The Kier molecular flexibility index (Phi) is 24.2. The van der Waals surface area contributed by atoms with Crippen LogP contribution in [0.25, 0.3) is 0 Å². The molecule has 18 nitrogen and oxygen atoms in total. The Morgan fingerprint density at radius 2 is 1.29 bits per heavy atom. The second-order valence-electron chi connectivity index (χ2n) is 17.5. The number of aliphatic carboxylic acids is 1. The number of carboxylic acids is 1. The van der Waals surface area contributed by atoms with Crippen molar-refractivity contribution >= 4 is 11.9 Å². The first-order valence-corrected chi connectivity index (χ1v) is 22.3. The zero-order chi connectivity index (χ0) is 49.1. The Morgan fingerprint density at radius 1 is 0.712 bits per heavy atom. The number of cyclic esters (lactones) is 1. The third kappa shape index (κ3) is 18.5. The van der Waals surface area contributed by atoms with E-state index in [2.05, 4.69) is 0 Å². The second-order valence-corrected chi connectivity index (χ2v) is 17.5. The van der Waals surface area contributed by atoms with Gasteiger partial charge in [-0.25, -0.2) is 4.39 Å². The number of aliphatic hydroxyl groups excluding tert-OH is 10. The molecule has 12 N–H and O–H groups in total. The standard InChI is InChI=1S/C47H71FO18/c1-27-16-14-12-10-8-6-4-5-7-9-11-13-15-17-33(64-46-41(48)44(59)43(58)38(26-49)65-46)23-37-40(45(60)61)36(55)25-47(62,66-37)24-32(52)21-35(54)34(53)19-18-30(50)20-31(51)22-39(56)63-29(3)28(2)42(27)57/h4-17,27-38,40-44,46,49-55,57-59,62H,18-26H2,1-3H3,(H,60,61)/b5-4+,8-6+,9-7+,12-10+,13-11+,16-14+,17-15+/t27-,28-,29-,30?,31?,32?,33?,34?,35?,36-,37-,38?,40+,41?,42+,43?,44?,46?,47?/m0/s1. The minimum absolute atomic E-state index is 0.134. The number of carbonyl (C=O) groups excluding carboxylic acids is 1. The van der Waals surface area contributed by atoms with Gasteiger partial charge in [-0.05, 0) is 26.2 Å². The summed E-state index contributed by atoms with van der Waals surface area (Å²) in [4.78, 5) is 25.0. The molecule has 3 heterocycles. The van der Waals surface area contributed by atoms with E-state index in [9.17, 15) is 70.9 Å². The van der Waals surface area contributed by atoms with Gasteiger partial charge in [0.1, 0.15) is 30.3 Å². The molecule has 0 spiro atoms. The molecule has 0 saturated carbocycles. The summed E-state index contributed by atoms with van der Waals surface area (Å²) < 4.78 is 37.8. The van der Waals surface area contributed by atoms with Crippen LogP contribution in [0, 0.1) is 17.8 Å². The largest absolute Gasteiger partial charge is 0.481 e. The topological polar surface area (TPSA) is 314 Å². The van der Waals surface area contributed by atoms with Crippen LogP contribution in [0.5, 0.6) is 0 Å². The van der Waals surface area contributed by atoms with Gasteiger partial charge in [-0.15, -0.1) is 0 Å². The Hall–Kier alpha value is -3.51. The Morgan fingerprint density at radius 3 is 1.86 bits per heavy atom. The van der Waals surface area contributed by atoms with Gasteiger partial charge in [0.2, 0.25) is 0 Å². The maximum Gasteiger partial charge on any atom is 0.311 e. The van der Waals surface area contributed by atoms with Crippen molar-refractivity contribution in [3.63, 3.8) is 0 Å². The number of carboxylic acid groups (broad SMARTS) is 1. The highest BCUT2D eigenvalue weighted by atomic mass is 19.1. The minimum atomic E-state index is -2.40. The van der Waals surface area contributed by atoms with Crippen LogP contribution in [0.1, 0.15) is 72.1 Å². The van der Waals surface area contributed by atoms with E-state index in [4.69, 9.17) is 18.9 Å². The first-order valence-electron chi connectivity index (χ1n) is 22.3. The highest BCUT2D eigenvalue weighted by molar-refractivity contribution is 5.71. The van der Waals surface area contributed by atoms with Gasteiger partial charge in [0.25, 0.3) is 0 Å². The lowest BCUT2D eigenvalue weighted by molar-refractivity contribution is -0.312. The summed E-state index contributed by atoms with van der Waals surface area (Å²) in [5.74, 6) is -7.13. The molecule has 0 aromatic heterocycles. The molecule has 0 amide bonds. The molecule has 66 heavy (non-hydrogen) atoms. The van der Waals surface area contributed by atoms with E-state index in [0.29, 0.717) is 0 Å². The lowest BCUT2D eigenvalue weighted by Gasteiger charge is -2.45. The number of fused-ring (bicyclic) bond motifs is 2. The zero-order valence-electron chi connectivity index (χ0n) is 37.5. The van der Waals surface area contributed by atoms with E-state index in [1.54, 1.807) is 86.8 Å². The molecule has 0 aliphatic carbocycles. The average molecular weight is 943 g/mol. The van der Waals surface area contributed by atoms with Crippen LogP contribution in [0.15, 0.2) is 85.1 Å². The number of esters is 1. The van der Waals surface area contributed by atoms with Gasteiger partial charge < -0.3 is 80.2 Å². The number of halogens is 1. The van der Waals surface area contributed by atoms with Crippen molar-refractivity contribution in [2.24, 2.45) is 17.8 Å². The van der Waals surface area contributed by atoms with E-state index in [-0.39, 0.29) is 25.2 Å². The summed E-state index contributed by atoms with van der Waals surface area (Å²) in [5.41, 5.74) is 0. The maximum absolute atomic E-state index is 15.3. The normalized spacial score (nSPS) is 45.0. The molecule has 3 aliphatic heterocycles. The fourth-order valence-corrected chi connectivity index (χ4v) is 7.94. The number of hydrogen-bond acceptors (Lipinski definition) is 17. The van der Waals surface area contributed by atoms with Crippen molar-refractivity contribution in [2.45, 2.75) is 170 Å². The third-order valence-corrected chi connectivity index (χ3v) is 11.9. The summed E-state index contributed by atoms with van der Waals surface area (Å²) in [6.07, 6.45) is -2.89. The predicted molar refractivity (Wildman–Crippen MR) is 235 cm³/mol. The summed E-state index contributed by atoms with van der Waals surface area (Å²) in [6, 6.07) is 0. The average Bonchev–Trinajstić information content (AvgIpc) is 3.23. The molecule has 2 saturated heterocycles. The maximum atomic E-state index is 15.3. The number of hydrogen-bond donors (Lipinski definition) is 12. The molecule has 3 aliphatic rings. The molecule has 3 rings (SSSR count). The van der Waals surface area contributed by atoms with Crippen molar-refractivity contribution < 1.29 is 94.2 Å². The Labute approximate surface area is 384 Å². The minimum Gasteiger partial charge on any atom is -0.481 e. The van der Waals surface area contributed by atoms with Crippen LogP contribution in [-0.4, -0.2) is 177 Å². The molecule has 19 heteroatoms. The third-order valence-electron chi connectivity index (χ3n) is 11.9. The van der Waals surface area contributed by atoms with Crippen LogP contribution >= 0.6 is 0 Å². The fraction of sp³-hybridized carbons (Fsp3) is 0.660.